The van der Waals surface area contributed by atoms with Gasteiger partial charge < -0.3 is 15.3 Å². The van der Waals surface area contributed by atoms with Crippen LogP contribution in [0, 0.1) is 39.9 Å². The van der Waals surface area contributed by atoms with Crippen LogP contribution in [0.1, 0.15) is 32.6 Å². The van der Waals surface area contributed by atoms with Crippen LogP contribution in [0.5, 0.6) is 0 Å². The zero-order valence-corrected chi connectivity index (χ0v) is 14.2. The number of rotatable bonds is 0. The molecule has 0 amide bonds. The van der Waals surface area contributed by atoms with Crippen molar-refractivity contribution in [3.63, 3.8) is 0 Å². The van der Waals surface area contributed by atoms with Crippen LogP contribution in [-0.2, 0) is 0 Å². The third-order valence-electron chi connectivity index (χ3n) is 10.4. The predicted molar refractivity (Wildman–Crippen MR) is 86.8 cm³/mol. The van der Waals surface area contributed by atoms with E-state index in [0.29, 0.717) is 29.0 Å². The predicted octanol–water partition coefficient (Wildman–Crippen LogP) is 0.764. The largest absolute Gasteiger partial charge is 0.392 e. The molecule has 9 bridgehead atoms. The summed E-state index contributed by atoms with van der Waals surface area (Å²) < 4.78 is 0. The molecular weight excluding hydrogens is 302 g/mol. The van der Waals surface area contributed by atoms with Crippen LogP contribution in [0.25, 0.3) is 0 Å². The number of hydrogen-bond acceptors (Lipinski definition) is 4. The van der Waals surface area contributed by atoms with Gasteiger partial charge in [-0.25, -0.2) is 0 Å². The molecule has 3 N–H and O–H groups in total. The summed E-state index contributed by atoms with van der Waals surface area (Å²) in [7, 11) is 0. The highest BCUT2D eigenvalue weighted by Gasteiger charge is 2.91. The molecule has 13 atom stereocenters. The molecule has 24 heavy (non-hydrogen) atoms. The van der Waals surface area contributed by atoms with Crippen LogP contribution >= 0.6 is 0 Å². The lowest BCUT2D eigenvalue weighted by Gasteiger charge is -2.67. The summed E-state index contributed by atoms with van der Waals surface area (Å²) in [6.07, 6.45) is 3.13. The van der Waals surface area contributed by atoms with E-state index in [4.69, 9.17) is 0 Å². The van der Waals surface area contributed by atoms with Gasteiger partial charge in [-0.3, -0.25) is 4.90 Å². The summed E-state index contributed by atoms with van der Waals surface area (Å²) in [5.74, 6) is 0.647. The summed E-state index contributed by atoms with van der Waals surface area (Å²) in [6, 6.07) is 0.946. The second kappa shape index (κ2) is 3.40. The molecule has 0 aromatic rings. The van der Waals surface area contributed by atoms with Gasteiger partial charge in [0.05, 0.1) is 18.3 Å². The standard InChI is InChI=1S/C20H27NO3/c1-8-10-12(22)11-16-19-5-3-4-18(2)7-21(16)9(14(18)19)6-20(11,17(8)24)15(19)13(10)23/h9-17,22-24H,1,3-7H2,2H3. The van der Waals surface area contributed by atoms with Gasteiger partial charge in [-0.15, -0.1) is 0 Å². The van der Waals surface area contributed by atoms with Gasteiger partial charge in [0.25, 0.3) is 0 Å². The Labute approximate surface area is 142 Å². The second-order valence-electron chi connectivity index (χ2n) is 10.6. The Morgan fingerprint density at radius 1 is 1.08 bits per heavy atom. The number of fused-ring (bicyclic) bond motifs is 1. The maximum Gasteiger partial charge on any atom is 0.0816 e. The SMILES string of the molecule is C=C1C2C(O)C3C4N5CC6(C)CCCC47C6C5CC3(C1O)C7C2O. The van der Waals surface area contributed by atoms with Gasteiger partial charge >= 0.3 is 0 Å². The monoisotopic (exact) mass is 329 g/mol. The van der Waals surface area contributed by atoms with Crippen LogP contribution in [0.4, 0.5) is 0 Å². The summed E-state index contributed by atoms with van der Waals surface area (Å²) in [4.78, 5) is 2.73. The molecule has 0 radical (unpaired) electrons. The third-order valence-corrected chi connectivity index (χ3v) is 10.4. The zero-order valence-electron chi connectivity index (χ0n) is 14.2. The van der Waals surface area contributed by atoms with E-state index in [1.165, 1.54) is 25.8 Å². The molecule has 3 saturated heterocycles. The van der Waals surface area contributed by atoms with Gasteiger partial charge in [-0.2, -0.15) is 0 Å². The molecule has 9 fully saturated rings. The van der Waals surface area contributed by atoms with Gasteiger partial charge in [0.2, 0.25) is 0 Å². The molecule has 2 spiro atoms. The minimum Gasteiger partial charge on any atom is -0.392 e. The van der Waals surface area contributed by atoms with Gasteiger partial charge in [0.1, 0.15) is 0 Å². The first-order valence-corrected chi connectivity index (χ1v) is 9.88. The highest BCUT2D eigenvalue weighted by atomic mass is 16.3. The van der Waals surface area contributed by atoms with Crippen molar-refractivity contribution in [2.75, 3.05) is 6.54 Å². The van der Waals surface area contributed by atoms with E-state index in [1.54, 1.807) is 0 Å². The molecule has 0 aromatic carbocycles. The second-order valence-corrected chi connectivity index (χ2v) is 10.6. The maximum atomic E-state index is 11.3. The minimum absolute atomic E-state index is 0.135. The molecular formula is C20H27NO3. The van der Waals surface area contributed by atoms with Gasteiger partial charge in [0.15, 0.2) is 0 Å². The van der Waals surface area contributed by atoms with E-state index in [-0.39, 0.29) is 28.6 Å². The average molecular weight is 329 g/mol. The molecule has 0 aromatic heterocycles. The number of piperidine rings is 2. The van der Waals surface area contributed by atoms with Gasteiger partial charge in [-0.05, 0) is 41.6 Å². The molecule has 3 aliphatic heterocycles. The Morgan fingerprint density at radius 3 is 2.67 bits per heavy atom. The quantitative estimate of drug-likeness (QED) is 0.574. The van der Waals surface area contributed by atoms with Crippen molar-refractivity contribution in [2.24, 2.45) is 39.9 Å². The average Bonchev–Trinajstić information content (AvgIpc) is 2.97. The molecule has 6 saturated carbocycles. The smallest absolute Gasteiger partial charge is 0.0816 e. The van der Waals surface area contributed by atoms with Crippen molar-refractivity contribution in [1.82, 2.24) is 4.90 Å². The fourth-order valence-corrected chi connectivity index (χ4v) is 10.6. The minimum atomic E-state index is -0.525. The van der Waals surface area contributed by atoms with Crippen LogP contribution < -0.4 is 0 Å². The fraction of sp³-hybridized carbons (Fsp3) is 0.900. The van der Waals surface area contributed by atoms with Crippen molar-refractivity contribution in [1.29, 1.82) is 0 Å². The highest BCUT2D eigenvalue weighted by molar-refractivity contribution is 5.45. The summed E-state index contributed by atoms with van der Waals surface area (Å²) in [5, 5.41) is 33.8. The molecule has 4 nitrogen and oxygen atoms in total. The van der Waals surface area contributed by atoms with Crippen molar-refractivity contribution in [3.05, 3.63) is 12.2 Å². The van der Waals surface area contributed by atoms with Crippen molar-refractivity contribution < 1.29 is 15.3 Å². The molecule has 130 valence electrons. The van der Waals surface area contributed by atoms with E-state index >= 15 is 0 Å². The molecule has 4 heteroatoms. The normalized spacial score (nSPS) is 76.1. The molecule has 9 rings (SSSR count). The van der Waals surface area contributed by atoms with Crippen LogP contribution in [-0.4, -0.2) is 57.2 Å². The third kappa shape index (κ3) is 0.922. The lowest BCUT2D eigenvalue weighted by Crippen LogP contribution is -2.72. The maximum absolute atomic E-state index is 11.3. The zero-order chi connectivity index (χ0) is 16.4. The molecule has 3 heterocycles. The Bertz CT molecular complexity index is 709. The van der Waals surface area contributed by atoms with E-state index in [9.17, 15) is 15.3 Å². The first kappa shape index (κ1) is 13.7. The van der Waals surface area contributed by atoms with E-state index in [2.05, 4.69) is 18.4 Å². The Balaban J connectivity index is 1.56. The summed E-state index contributed by atoms with van der Waals surface area (Å²) in [6.45, 7) is 7.75. The van der Waals surface area contributed by atoms with Gasteiger partial charge in [0, 0.05) is 41.8 Å². The Kier molecular flexibility index (Phi) is 1.95. The Morgan fingerprint density at radius 2 is 1.88 bits per heavy atom. The first-order chi connectivity index (χ1) is 11.4. The van der Waals surface area contributed by atoms with E-state index in [1.807, 2.05) is 0 Å². The number of hydrogen-bond donors (Lipinski definition) is 3. The lowest BCUT2D eigenvalue weighted by molar-refractivity contribution is -0.244. The van der Waals surface area contributed by atoms with Crippen molar-refractivity contribution in [2.45, 2.75) is 63.0 Å². The summed E-state index contributed by atoms with van der Waals surface area (Å²) >= 11 is 0. The molecule has 6 aliphatic carbocycles. The van der Waals surface area contributed by atoms with Crippen molar-refractivity contribution >= 4 is 0 Å². The van der Waals surface area contributed by atoms with Crippen LogP contribution in [0.3, 0.4) is 0 Å². The van der Waals surface area contributed by atoms with E-state index < -0.39 is 18.3 Å². The van der Waals surface area contributed by atoms with Gasteiger partial charge in [-0.1, -0.05) is 19.9 Å². The van der Waals surface area contributed by atoms with Crippen LogP contribution in [0.15, 0.2) is 12.2 Å². The first-order valence-electron chi connectivity index (χ1n) is 9.88. The number of nitrogens with zero attached hydrogens (tertiary/aromatic N) is 1. The highest BCUT2D eigenvalue weighted by Crippen LogP contribution is 2.86. The summed E-state index contributed by atoms with van der Waals surface area (Å²) in [5.41, 5.74) is 0.914. The molecule has 9 aliphatic rings. The topological polar surface area (TPSA) is 63.9 Å². The van der Waals surface area contributed by atoms with Crippen molar-refractivity contribution in [3.8, 4) is 0 Å². The van der Waals surface area contributed by atoms with Crippen LogP contribution in [0.2, 0.25) is 0 Å². The number of aliphatic hydroxyl groups excluding tert-OH is 3. The fourth-order valence-electron chi connectivity index (χ4n) is 10.6. The Hall–Kier alpha value is -0.420. The van der Waals surface area contributed by atoms with E-state index in [0.717, 1.165) is 6.42 Å². The lowest BCUT2D eigenvalue weighted by atomic mass is 9.39. The molecule has 13 unspecified atom stereocenters. The number of aliphatic hydroxyl groups is 3.